The zero-order valence-electron chi connectivity index (χ0n) is 10.1. The highest BCUT2D eigenvalue weighted by Gasteiger charge is 2.10. The highest BCUT2D eigenvalue weighted by molar-refractivity contribution is 7.12. The van der Waals surface area contributed by atoms with E-state index < -0.39 is 5.97 Å². The third-order valence-electron chi connectivity index (χ3n) is 2.58. The number of aromatic carboxylic acids is 1. The van der Waals surface area contributed by atoms with Crippen molar-refractivity contribution in [3.05, 3.63) is 39.8 Å². The van der Waals surface area contributed by atoms with Gasteiger partial charge < -0.3 is 10.4 Å². The summed E-state index contributed by atoms with van der Waals surface area (Å²) in [6, 6.07) is 3.83. The Morgan fingerprint density at radius 3 is 3.06 bits per heavy atom. The van der Waals surface area contributed by atoms with Crippen molar-refractivity contribution in [1.82, 2.24) is 15.1 Å². The third-order valence-corrected chi connectivity index (χ3v) is 3.53. The van der Waals surface area contributed by atoms with Gasteiger partial charge in [-0.1, -0.05) is 0 Å². The van der Waals surface area contributed by atoms with Gasteiger partial charge in [-0.2, -0.15) is 5.10 Å². The Balaban J connectivity index is 1.78. The topological polar surface area (TPSA) is 67.2 Å². The second-order valence-electron chi connectivity index (χ2n) is 3.99. The molecule has 0 saturated carbocycles. The van der Waals surface area contributed by atoms with Crippen molar-refractivity contribution in [2.45, 2.75) is 13.0 Å². The molecule has 18 heavy (non-hydrogen) atoms. The molecule has 0 bridgehead atoms. The van der Waals surface area contributed by atoms with Gasteiger partial charge in [0.25, 0.3) is 0 Å². The molecular weight excluding hydrogens is 250 g/mol. The summed E-state index contributed by atoms with van der Waals surface area (Å²) in [5, 5.41) is 18.3. The molecule has 0 atom stereocenters. The van der Waals surface area contributed by atoms with Crippen LogP contribution in [0, 0.1) is 0 Å². The lowest BCUT2D eigenvalue weighted by atomic mass is 10.2. The Morgan fingerprint density at radius 2 is 2.39 bits per heavy atom. The van der Waals surface area contributed by atoms with E-state index in [0.717, 1.165) is 24.2 Å². The number of hydrogen-bond donors (Lipinski definition) is 2. The quantitative estimate of drug-likeness (QED) is 0.777. The second-order valence-corrected chi connectivity index (χ2v) is 4.90. The maximum absolute atomic E-state index is 10.9. The van der Waals surface area contributed by atoms with Gasteiger partial charge in [-0.3, -0.25) is 4.68 Å². The molecule has 0 aromatic carbocycles. The van der Waals surface area contributed by atoms with Crippen molar-refractivity contribution >= 4 is 17.3 Å². The molecule has 0 aliphatic rings. The van der Waals surface area contributed by atoms with Gasteiger partial charge in [0.05, 0.1) is 5.69 Å². The second kappa shape index (κ2) is 5.79. The normalized spacial score (nSPS) is 10.7. The largest absolute Gasteiger partial charge is 0.477 e. The number of hydrogen-bond acceptors (Lipinski definition) is 4. The van der Waals surface area contributed by atoms with Crippen molar-refractivity contribution in [2.75, 3.05) is 6.54 Å². The smallest absolute Gasteiger partial charge is 0.346 e. The fourth-order valence-electron chi connectivity index (χ4n) is 1.70. The van der Waals surface area contributed by atoms with E-state index in [9.17, 15) is 4.79 Å². The SMILES string of the molecule is Cn1ccc(CCNCc2ccsc2C(=O)O)n1. The lowest BCUT2D eigenvalue weighted by molar-refractivity contribution is 0.0701. The van der Waals surface area contributed by atoms with Crippen molar-refractivity contribution in [3.63, 3.8) is 0 Å². The van der Waals surface area contributed by atoms with Crippen LogP contribution in [0.4, 0.5) is 0 Å². The van der Waals surface area contributed by atoms with Gasteiger partial charge in [0, 0.05) is 32.8 Å². The average Bonchev–Trinajstić information content (AvgIpc) is 2.93. The molecule has 96 valence electrons. The molecule has 2 N–H and O–H groups in total. The lowest BCUT2D eigenvalue weighted by Gasteiger charge is -2.03. The molecule has 0 unspecified atom stereocenters. The number of aryl methyl sites for hydroxylation is 1. The van der Waals surface area contributed by atoms with E-state index in [1.807, 2.05) is 25.4 Å². The third kappa shape index (κ3) is 3.18. The summed E-state index contributed by atoms with van der Waals surface area (Å²) in [7, 11) is 1.89. The van der Waals surface area contributed by atoms with Crippen LogP contribution in [0.25, 0.3) is 0 Å². The molecule has 2 aromatic heterocycles. The molecule has 0 amide bonds. The van der Waals surface area contributed by atoms with Crippen LogP contribution < -0.4 is 5.32 Å². The van der Waals surface area contributed by atoms with E-state index >= 15 is 0 Å². The van der Waals surface area contributed by atoms with Crippen LogP contribution in [0.2, 0.25) is 0 Å². The molecular formula is C12H15N3O2S. The van der Waals surface area contributed by atoms with E-state index in [-0.39, 0.29) is 0 Å². The van der Waals surface area contributed by atoms with E-state index in [1.54, 1.807) is 10.1 Å². The van der Waals surface area contributed by atoms with Crippen molar-refractivity contribution in [2.24, 2.45) is 7.05 Å². The number of aromatic nitrogens is 2. The number of nitrogens with zero attached hydrogens (tertiary/aromatic N) is 2. The molecule has 2 rings (SSSR count). The molecule has 0 fully saturated rings. The van der Waals surface area contributed by atoms with Crippen molar-refractivity contribution < 1.29 is 9.90 Å². The first-order chi connectivity index (χ1) is 8.66. The van der Waals surface area contributed by atoms with E-state index in [4.69, 9.17) is 5.11 Å². The summed E-state index contributed by atoms with van der Waals surface area (Å²) in [4.78, 5) is 11.3. The maximum atomic E-state index is 10.9. The summed E-state index contributed by atoms with van der Waals surface area (Å²) < 4.78 is 1.77. The number of rotatable bonds is 6. The van der Waals surface area contributed by atoms with Gasteiger partial charge in [-0.05, 0) is 23.1 Å². The number of thiophene rings is 1. The number of nitrogens with one attached hydrogen (secondary N) is 1. The Morgan fingerprint density at radius 1 is 1.56 bits per heavy atom. The van der Waals surface area contributed by atoms with Crippen LogP contribution in [-0.2, 0) is 20.0 Å². The molecule has 0 spiro atoms. The zero-order valence-corrected chi connectivity index (χ0v) is 10.9. The average molecular weight is 265 g/mol. The monoisotopic (exact) mass is 265 g/mol. The Hall–Kier alpha value is -1.66. The zero-order chi connectivity index (χ0) is 13.0. The number of carboxylic acids is 1. The molecule has 0 radical (unpaired) electrons. The standard InChI is InChI=1S/C12H15N3O2S/c1-15-6-3-10(14-15)2-5-13-8-9-4-7-18-11(9)12(16)17/h3-4,6-7,13H,2,5,8H2,1H3,(H,16,17). The minimum Gasteiger partial charge on any atom is -0.477 e. The van der Waals surface area contributed by atoms with Gasteiger partial charge >= 0.3 is 5.97 Å². The molecule has 5 nitrogen and oxygen atoms in total. The summed E-state index contributed by atoms with van der Waals surface area (Å²) in [6.45, 7) is 1.36. The van der Waals surface area contributed by atoms with Gasteiger partial charge in [-0.15, -0.1) is 11.3 Å². The molecule has 2 aromatic rings. The Bertz CT molecular complexity index is 533. The van der Waals surface area contributed by atoms with Gasteiger partial charge in [0.15, 0.2) is 0 Å². The van der Waals surface area contributed by atoms with Crippen LogP contribution in [-0.4, -0.2) is 27.4 Å². The minimum atomic E-state index is -0.855. The number of carbonyl (C=O) groups is 1. The molecule has 0 aliphatic heterocycles. The first kappa shape index (κ1) is 12.8. The van der Waals surface area contributed by atoms with Crippen LogP contribution in [0.1, 0.15) is 20.9 Å². The minimum absolute atomic E-state index is 0.417. The predicted octanol–water partition coefficient (Wildman–Crippen LogP) is 1.51. The summed E-state index contributed by atoms with van der Waals surface area (Å²) in [5.41, 5.74) is 1.88. The van der Waals surface area contributed by atoms with Gasteiger partial charge in [0.2, 0.25) is 0 Å². The predicted molar refractivity (Wildman–Crippen MR) is 69.9 cm³/mol. The van der Waals surface area contributed by atoms with Crippen LogP contribution in [0.3, 0.4) is 0 Å². The van der Waals surface area contributed by atoms with Crippen molar-refractivity contribution in [1.29, 1.82) is 0 Å². The Labute approximate surface area is 109 Å². The summed E-state index contributed by atoms with van der Waals surface area (Å²) in [6.07, 6.45) is 2.75. The summed E-state index contributed by atoms with van der Waals surface area (Å²) in [5.74, 6) is -0.855. The fourth-order valence-corrected chi connectivity index (χ4v) is 2.46. The maximum Gasteiger partial charge on any atom is 0.346 e. The Kier molecular flexibility index (Phi) is 4.11. The highest BCUT2D eigenvalue weighted by Crippen LogP contribution is 2.16. The van der Waals surface area contributed by atoms with Crippen LogP contribution in [0.5, 0.6) is 0 Å². The summed E-state index contributed by atoms with van der Waals surface area (Å²) >= 11 is 1.26. The van der Waals surface area contributed by atoms with Crippen molar-refractivity contribution in [3.8, 4) is 0 Å². The van der Waals surface area contributed by atoms with Gasteiger partial charge in [-0.25, -0.2) is 4.79 Å². The first-order valence-corrected chi connectivity index (χ1v) is 6.53. The fraction of sp³-hybridized carbons (Fsp3) is 0.333. The molecule has 2 heterocycles. The number of carboxylic acid groups (broad SMARTS) is 1. The van der Waals surface area contributed by atoms with E-state index in [2.05, 4.69) is 10.4 Å². The highest BCUT2D eigenvalue weighted by atomic mass is 32.1. The molecule has 6 heteroatoms. The van der Waals surface area contributed by atoms with Gasteiger partial charge in [0.1, 0.15) is 4.88 Å². The van der Waals surface area contributed by atoms with E-state index in [0.29, 0.717) is 11.4 Å². The lowest BCUT2D eigenvalue weighted by Crippen LogP contribution is -2.18. The molecule has 0 saturated heterocycles. The first-order valence-electron chi connectivity index (χ1n) is 5.65. The van der Waals surface area contributed by atoms with E-state index in [1.165, 1.54) is 11.3 Å². The van der Waals surface area contributed by atoms with Crippen LogP contribution >= 0.6 is 11.3 Å². The molecule has 0 aliphatic carbocycles. The van der Waals surface area contributed by atoms with Crippen LogP contribution in [0.15, 0.2) is 23.7 Å².